The number of rotatable bonds is 16. The predicted molar refractivity (Wildman–Crippen MR) is 191 cm³/mol. The molecular formula is C37H44N4O7S. The van der Waals surface area contributed by atoms with Gasteiger partial charge in [-0.1, -0.05) is 54.6 Å². The molecule has 0 saturated heterocycles. The Hall–Kier alpha value is -4.91. The first kappa shape index (κ1) is 36.9. The maximum Gasteiger partial charge on any atom is 0.251 e. The van der Waals surface area contributed by atoms with Crippen molar-refractivity contribution in [3.05, 3.63) is 125 Å². The molecule has 49 heavy (non-hydrogen) atoms. The lowest BCUT2D eigenvalue weighted by Gasteiger charge is -2.26. The second-order valence-corrected chi connectivity index (χ2v) is 13.8. The first-order valence-electron chi connectivity index (χ1n) is 15.8. The summed E-state index contributed by atoms with van der Waals surface area (Å²) in [6.07, 6.45) is 0.362. The lowest BCUT2D eigenvalue weighted by molar-refractivity contribution is 0.0830. The lowest BCUT2D eigenvalue weighted by Crippen LogP contribution is -2.48. The Bertz CT molecular complexity index is 1840. The Morgan fingerprint density at radius 1 is 0.796 bits per heavy atom. The zero-order valence-corrected chi connectivity index (χ0v) is 29.2. The lowest BCUT2D eigenvalue weighted by atomic mass is 10.00. The van der Waals surface area contributed by atoms with Crippen molar-refractivity contribution in [3.8, 4) is 11.5 Å². The number of nitrogens with zero attached hydrogens (tertiary/aromatic N) is 1. The SMILES string of the molecule is COc1cccc(CNC[C@@H](O)[C@H](Cc2ccccc2)NC(=O)c2cc(C(=O)N[C@H](C)c3cccc(OC)c3)cc(N(C)S(C)(=O)=O)c2)c1. The quantitative estimate of drug-likeness (QED) is 0.138. The average Bonchev–Trinajstić information content (AvgIpc) is 3.10. The molecule has 0 radical (unpaired) electrons. The average molecular weight is 689 g/mol. The molecule has 11 nitrogen and oxygen atoms in total. The monoisotopic (exact) mass is 688 g/mol. The molecule has 4 N–H and O–H groups in total. The van der Waals surface area contributed by atoms with Crippen LogP contribution in [0.25, 0.3) is 0 Å². The largest absolute Gasteiger partial charge is 0.497 e. The fraction of sp³-hybridized carbons (Fsp3) is 0.297. The van der Waals surface area contributed by atoms with Gasteiger partial charge in [-0.2, -0.15) is 0 Å². The van der Waals surface area contributed by atoms with E-state index in [4.69, 9.17) is 9.47 Å². The first-order valence-corrected chi connectivity index (χ1v) is 17.6. The molecule has 4 rings (SSSR count). The van der Waals surface area contributed by atoms with Gasteiger partial charge in [-0.05, 0) is 72.5 Å². The van der Waals surface area contributed by atoms with Crippen molar-refractivity contribution in [2.24, 2.45) is 0 Å². The van der Waals surface area contributed by atoms with Gasteiger partial charge in [0, 0.05) is 31.3 Å². The van der Waals surface area contributed by atoms with Crippen LogP contribution >= 0.6 is 0 Å². The molecule has 0 fully saturated rings. The third-order valence-corrected chi connectivity index (χ3v) is 9.35. The van der Waals surface area contributed by atoms with Gasteiger partial charge in [-0.15, -0.1) is 0 Å². The fourth-order valence-electron chi connectivity index (χ4n) is 5.21. The van der Waals surface area contributed by atoms with Gasteiger partial charge in [-0.25, -0.2) is 8.42 Å². The van der Waals surface area contributed by atoms with Crippen LogP contribution in [0.5, 0.6) is 11.5 Å². The Morgan fingerprint density at radius 2 is 1.39 bits per heavy atom. The van der Waals surface area contributed by atoms with Crippen LogP contribution in [-0.2, 0) is 23.0 Å². The first-order chi connectivity index (χ1) is 23.4. The van der Waals surface area contributed by atoms with Crippen LogP contribution in [0.2, 0.25) is 0 Å². The van der Waals surface area contributed by atoms with E-state index in [0.717, 1.165) is 33.0 Å². The topological polar surface area (TPSA) is 146 Å². The summed E-state index contributed by atoms with van der Waals surface area (Å²) in [6.45, 7) is 2.44. The van der Waals surface area contributed by atoms with Crippen LogP contribution in [0, 0.1) is 0 Å². The minimum absolute atomic E-state index is 0.0572. The van der Waals surface area contributed by atoms with E-state index in [1.807, 2.05) is 73.7 Å². The van der Waals surface area contributed by atoms with E-state index in [-0.39, 0.29) is 23.4 Å². The van der Waals surface area contributed by atoms with Crippen molar-refractivity contribution in [3.63, 3.8) is 0 Å². The van der Waals surface area contributed by atoms with E-state index in [1.54, 1.807) is 26.4 Å². The Balaban J connectivity index is 1.58. The van der Waals surface area contributed by atoms with Crippen molar-refractivity contribution in [2.45, 2.75) is 38.1 Å². The number of hydrogen-bond acceptors (Lipinski definition) is 8. The molecule has 4 aromatic carbocycles. The van der Waals surface area contributed by atoms with Gasteiger partial charge in [-0.3, -0.25) is 13.9 Å². The molecule has 0 saturated carbocycles. The summed E-state index contributed by atoms with van der Waals surface area (Å²) in [5.41, 5.74) is 2.95. The van der Waals surface area contributed by atoms with Crippen LogP contribution in [0.4, 0.5) is 5.69 Å². The standard InChI is InChI=1S/C37H44N4O7S/c1-25(28-14-10-16-33(22-28)48-4)39-36(43)29-19-30(21-31(20-29)41(2)49(5,45)46)37(44)40-34(18-26-11-7-6-8-12-26)35(42)24-38-23-27-13-9-15-32(17-27)47-3/h6-17,19-22,25,34-35,38,42H,18,23-24H2,1-5H3,(H,39,43)(H,40,44)/t25-,34+,35-/m1/s1. The van der Waals surface area contributed by atoms with Gasteiger partial charge in [0.15, 0.2) is 0 Å². The van der Waals surface area contributed by atoms with Crippen LogP contribution in [-0.4, -0.2) is 71.6 Å². The number of aliphatic hydroxyl groups is 1. The summed E-state index contributed by atoms with van der Waals surface area (Å²) in [7, 11) is 0.775. The molecule has 0 unspecified atom stereocenters. The van der Waals surface area contributed by atoms with Gasteiger partial charge in [0.2, 0.25) is 10.0 Å². The van der Waals surface area contributed by atoms with Gasteiger partial charge in [0.25, 0.3) is 11.8 Å². The molecular weight excluding hydrogens is 644 g/mol. The molecule has 0 bridgehead atoms. The van der Waals surface area contributed by atoms with Crippen molar-refractivity contribution in [1.29, 1.82) is 0 Å². The van der Waals surface area contributed by atoms with Crippen LogP contribution in [0.15, 0.2) is 97.1 Å². The second-order valence-electron chi connectivity index (χ2n) is 11.8. The summed E-state index contributed by atoms with van der Waals surface area (Å²) in [6, 6.07) is 27.4. The summed E-state index contributed by atoms with van der Waals surface area (Å²) in [5, 5.41) is 20.4. The van der Waals surface area contributed by atoms with Gasteiger partial charge in [0.05, 0.1) is 44.4 Å². The normalized spacial score (nSPS) is 13.1. The molecule has 0 heterocycles. The molecule has 3 atom stereocenters. The van der Waals surface area contributed by atoms with E-state index in [2.05, 4.69) is 16.0 Å². The van der Waals surface area contributed by atoms with Gasteiger partial charge < -0.3 is 30.5 Å². The summed E-state index contributed by atoms with van der Waals surface area (Å²) >= 11 is 0. The number of nitrogens with one attached hydrogen (secondary N) is 3. The van der Waals surface area contributed by atoms with Gasteiger partial charge in [0.1, 0.15) is 11.5 Å². The van der Waals surface area contributed by atoms with Crippen molar-refractivity contribution >= 4 is 27.5 Å². The predicted octanol–water partition coefficient (Wildman–Crippen LogP) is 4.08. The molecule has 12 heteroatoms. The zero-order valence-electron chi connectivity index (χ0n) is 28.3. The smallest absolute Gasteiger partial charge is 0.251 e. The van der Waals surface area contributed by atoms with Gasteiger partial charge >= 0.3 is 0 Å². The number of carbonyl (C=O) groups is 2. The number of hydrogen-bond donors (Lipinski definition) is 4. The Kier molecular flexibility index (Phi) is 12.8. The molecule has 0 spiro atoms. The maximum atomic E-state index is 13.9. The molecule has 2 amide bonds. The Labute approximate surface area is 288 Å². The number of carbonyl (C=O) groups excluding carboxylic acids is 2. The maximum absolute atomic E-state index is 13.9. The van der Waals surface area contributed by atoms with E-state index >= 15 is 0 Å². The van der Waals surface area contributed by atoms with Crippen LogP contribution < -0.4 is 29.7 Å². The highest BCUT2D eigenvalue weighted by Crippen LogP contribution is 2.23. The molecule has 0 aromatic heterocycles. The summed E-state index contributed by atoms with van der Waals surface area (Å²) in [5.74, 6) is 0.278. The highest BCUT2D eigenvalue weighted by molar-refractivity contribution is 7.92. The number of amides is 2. The summed E-state index contributed by atoms with van der Waals surface area (Å²) in [4.78, 5) is 27.4. The van der Waals surface area contributed by atoms with E-state index in [1.165, 1.54) is 25.2 Å². The number of aliphatic hydroxyl groups excluding tert-OH is 1. The van der Waals surface area contributed by atoms with Crippen molar-refractivity contribution in [1.82, 2.24) is 16.0 Å². The zero-order chi connectivity index (χ0) is 35.6. The van der Waals surface area contributed by atoms with E-state index in [9.17, 15) is 23.1 Å². The third-order valence-electron chi connectivity index (χ3n) is 8.14. The number of sulfonamides is 1. The minimum Gasteiger partial charge on any atom is -0.497 e. The number of methoxy groups -OCH3 is 2. The Morgan fingerprint density at radius 3 is 2.02 bits per heavy atom. The molecule has 0 aliphatic carbocycles. The molecule has 0 aliphatic rings. The minimum atomic E-state index is -3.73. The van der Waals surface area contributed by atoms with Crippen LogP contribution in [0.1, 0.15) is 50.4 Å². The number of ether oxygens (including phenoxy) is 2. The third kappa shape index (κ3) is 10.5. The summed E-state index contributed by atoms with van der Waals surface area (Å²) < 4.78 is 36.6. The molecule has 4 aromatic rings. The fourth-order valence-corrected chi connectivity index (χ4v) is 5.70. The van der Waals surface area contributed by atoms with E-state index in [0.29, 0.717) is 18.7 Å². The van der Waals surface area contributed by atoms with Crippen molar-refractivity contribution in [2.75, 3.05) is 38.4 Å². The van der Waals surface area contributed by atoms with Crippen molar-refractivity contribution < 1.29 is 32.6 Å². The van der Waals surface area contributed by atoms with Crippen LogP contribution in [0.3, 0.4) is 0 Å². The molecule has 260 valence electrons. The number of anilines is 1. The highest BCUT2D eigenvalue weighted by atomic mass is 32.2. The number of benzene rings is 4. The highest BCUT2D eigenvalue weighted by Gasteiger charge is 2.25. The van der Waals surface area contributed by atoms with E-state index < -0.39 is 40.0 Å². The molecule has 0 aliphatic heterocycles. The second kappa shape index (κ2) is 17.0.